The molecule has 4 heteroatoms. The molecule has 0 radical (unpaired) electrons. The standard InChI is InChI=1S/C13H18N4/c1-10-3-2-4-11(9-10)15-12-6-8-17-13(16-12)5-7-14-17/h5-8,10-11H,2-4,9H2,1H3,(H,15,16). The van der Waals surface area contributed by atoms with Crippen LogP contribution < -0.4 is 5.32 Å². The molecule has 17 heavy (non-hydrogen) atoms. The maximum atomic E-state index is 4.54. The van der Waals surface area contributed by atoms with Crippen LogP contribution in [-0.4, -0.2) is 20.6 Å². The van der Waals surface area contributed by atoms with E-state index in [2.05, 4.69) is 22.3 Å². The number of hydrogen-bond donors (Lipinski definition) is 1. The molecule has 2 atom stereocenters. The molecule has 1 aliphatic carbocycles. The Morgan fingerprint density at radius 2 is 2.29 bits per heavy atom. The molecule has 0 saturated heterocycles. The summed E-state index contributed by atoms with van der Waals surface area (Å²) in [5.41, 5.74) is 0.902. The Kier molecular flexibility index (Phi) is 2.71. The van der Waals surface area contributed by atoms with Gasteiger partial charge in [-0.25, -0.2) is 9.50 Å². The van der Waals surface area contributed by atoms with E-state index in [1.165, 1.54) is 25.7 Å². The molecule has 1 fully saturated rings. The number of hydrogen-bond acceptors (Lipinski definition) is 3. The molecule has 90 valence electrons. The zero-order chi connectivity index (χ0) is 11.7. The number of aromatic nitrogens is 3. The molecule has 0 spiro atoms. The van der Waals surface area contributed by atoms with Crippen LogP contribution in [0.5, 0.6) is 0 Å². The van der Waals surface area contributed by atoms with Gasteiger partial charge < -0.3 is 5.32 Å². The second kappa shape index (κ2) is 4.35. The Hall–Kier alpha value is -1.58. The molecule has 0 aliphatic heterocycles. The molecule has 0 amide bonds. The first-order valence-electron chi connectivity index (χ1n) is 6.38. The lowest BCUT2D eigenvalue weighted by atomic mass is 9.87. The average Bonchev–Trinajstić information content (AvgIpc) is 2.76. The molecule has 2 aromatic heterocycles. The minimum Gasteiger partial charge on any atom is -0.367 e. The van der Waals surface area contributed by atoms with Gasteiger partial charge in [0.1, 0.15) is 5.82 Å². The predicted molar refractivity (Wildman–Crippen MR) is 68.0 cm³/mol. The smallest absolute Gasteiger partial charge is 0.157 e. The summed E-state index contributed by atoms with van der Waals surface area (Å²) >= 11 is 0. The highest BCUT2D eigenvalue weighted by Crippen LogP contribution is 2.25. The van der Waals surface area contributed by atoms with Gasteiger partial charge in [-0.15, -0.1) is 0 Å². The van der Waals surface area contributed by atoms with Crippen molar-refractivity contribution < 1.29 is 0 Å². The Morgan fingerprint density at radius 1 is 1.35 bits per heavy atom. The van der Waals surface area contributed by atoms with Crippen molar-refractivity contribution in [2.24, 2.45) is 5.92 Å². The number of anilines is 1. The van der Waals surface area contributed by atoms with Gasteiger partial charge in [0.25, 0.3) is 0 Å². The summed E-state index contributed by atoms with van der Waals surface area (Å²) < 4.78 is 1.79. The number of fused-ring (bicyclic) bond motifs is 1. The summed E-state index contributed by atoms with van der Waals surface area (Å²) in [6.45, 7) is 2.33. The van der Waals surface area contributed by atoms with E-state index in [1.807, 2.05) is 18.3 Å². The van der Waals surface area contributed by atoms with Crippen LogP contribution in [0.3, 0.4) is 0 Å². The van der Waals surface area contributed by atoms with E-state index in [9.17, 15) is 0 Å². The van der Waals surface area contributed by atoms with Crippen molar-refractivity contribution in [3.8, 4) is 0 Å². The van der Waals surface area contributed by atoms with Crippen LogP contribution in [0, 0.1) is 5.92 Å². The van der Waals surface area contributed by atoms with Gasteiger partial charge in [0.05, 0.1) is 6.20 Å². The predicted octanol–water partition coefficient (Wildman–Crippen LogP) is 2.72. The van der Waals surface area contributed by atoms with Crippen LogP contribution >= 0.6 is 0 Å². The molecule has 1 aliphatic rings. The highest BCUT2D eigenvalue weighted by atomic mass is 15.2. The normalized spacial score (nSPS) is 25.0. The molecular formula is C13H18N4. The van der Waals surface area contributed by atoms with Crippen LogP contribution in [0.25, 0.3) is 5.65 Å². The van der Waals surface area contributed by atoms with E-state index in [4.69, 9.17) is 0 Å². The van der Waals surface area contributed by atoms with E-state index in [0.717, 1.165) is 17.4 Å². The van der Waals surface area contributed by atoms with E-state index in [1.54, 1.807) is 10.7 Å². The third-order valence-electron chi connectivity index (χ3n) is 3.55. The van der Waals surface area contributed by atoms with Crippen molar-refractivity contribution in [1.82, 2.24) is 14.6 Å². The van der Waals surface area contributed by atoms with Crippen molar-refractivity contribution >= 4 is 11.5 Å². The second-order valence-electron chi connectivity index (χ2n) is 5.06. The largest absolute Gasteiger partial charge is 0.367 e. The summed E-state index contributed by atoms with van der Waals surface area (Å²) in [5, 5.41) is 7.69. The summed E-state index contributed by atoms with van der Waals surface area (Å²) in [7, 11) is 0. The van der Waals surface area contributed by atoms with Gasteiger partial charge in [-0.2, -0.15) is 5.10 Å². The maximum Gasteiger partial charge on any atom is 0.157 e. The average molecular weight is 230 g/mol. The molecule has 1 N–H and O–H groups in total. The fourth-order valence-corrected chi connectivity index (χ4v) is 2.67. The van der Waals surface area contributed by atoms with Crippen molar-refractivity contribution in [2.75, 3.05) is 5.32 Å². The van der Waals surface area contributed by atoms with Crippen molar-refractivity contribution in [3.05, 3.63) is 24.5 Å². The Morgan fingerprint density at radius 3 is 3.18 bits per heavy atom. The Labute approximate surface area is 101 Å². The van der Waals surface area contributed by atoms with Gasteiger partial charge in [0, 0.05) is 18.3 Å². The third kappa shape index (κ3) is 2.25. The van der Waals surface area contributed by atoms with Crippen molar-refractivity contribution in [1.29, 1.82) is 0 Å². The van der Waals surface area contributed by atoms with Crippen LogP contribution in [0.4, 0.5) is 5.82 Å². The molecule has 0 aromatic carbocycles. The summed E-state index contributed by atoms with van der Waals surface area (Å²) in [5.74, 6) is 1.80. The second-order valence-corrected chi connectivity index (χ2v) is 5.06. The van der Waals surface area contributed by atoms with Gasteiger partial charge >= 0.3 is 0 Å². The Balaban J connectivity index is 1.75. The Bertz CT molecular complexity index is 505. The third-order valence-corrected chi connectivity index (χ3v) is 3.55. The SMILES string of the molecule is CC1CCCC(Nc2ccn3nccc3n2)C1. The van der Waals surface area contributed by atoms with E-state index >= 15 is 0 Å². The minimum absolute atomic E-state index is 0.580. The van der Waals surface area contributed by atoms with Gasteiger partial charge in [-0.05, 0) is 24.8 Å². The summed E-state index contributed by atoms with van der Waals surface area (Å²) in [4.78, 5) is 4.54. The quantitative estimate of drug-likeness (QED) is 0.862. The molecule has 2 heterocycles. The van der Waals surface area contributed by atoms with Gasteiger partial charge in [-0.1, -0.05) is 19.8 Å². The fraction of sp³-hybridized carbons (Fsp3) is 0.538. The first kappa shape index (κ1) is 10.6. The van der Waals surface area contributed by atoms with E-state index in [-0.39, 0.29) is 0 Å². The van der Waals surface area contributed by atoms with Crippen molar-refractivity contribution in [3.63, 3.8) is 0 Å². The molecule has 1 saturated carbocycles. The number of nitrogens with zero attached hydrogens (tertiary/aromatic N) is 3. The van der Waals surface area contributed by atoms with E-state index < -0.39 is 0 Å². The van der Waals surface area contributed by atoms with E-state index in [0.29, 0.717) is 6.04 Å². The highest BCUT2D eigenvalue weighted by Gasteiger charge is 2.18. The van der Waals surface area contributed by atoms with Gasteiger partial charge in [-0.3, -0.25) is 0 Å². The van der Waals surface area contributed by atoms with Gasteiger partial charge in [0.2, 0.25) is 0 Å². The minimum atomic E-state index is 0.580. The lowest BCUT2D eigenvalue weighted by molar-refractivity contribution is 0.358. The zero-order valence-electron chi connectivity index (χ0n) is 10.1. The van der Waals surface area contributed by atoms with Gasteiger partial charge in [0.15, 0.2) is 5.65 Å². The topological polar surface area (TPSA) is 42.2 Å². The lowest BCUT2D eigenvalue weighted by Gasteiger charge is -2.27. The number of nitrogens with one attached hydrogen (secondary N) is 1. The monoisotopic (exact) mass is 230 g/mol. The first-order chi connectivity index (χ1) is 8.31. The van der Waals surface area contributed by atoms with Crippen LogP contribution in [0.2, 0.25) is 0 Å². The lowest BCUT2D eigenvalue weighted by Crippen LogP contribution is -2.26. The summed E-state index contributed by atoms with van der Waals surface area (Å²) in [6, 6.07) is 4.50. The molecule has 3 rings (SSSR count). The maximum absolute atomic E-state index is 4.54. The van der Waals surface area contributed by atoms with Crippen LogP contribution in [-0.2, 0) is 0 Å². The highest BCUT2D eigenvalue weighted by molar-refractivity contribution is 5.45. The summed E-state index contributed by atoms with van der Waals surface area (Å²) in [6.07, 6.45) is 8.94. The first-order valence-corrected chi connectivity index (χ1v) is 6.38. The fourth-order valence-electron chi connectivity index (χ4n) is 2.67. The van der Waals surface area contributed by atoms with Crippen LogP contribution in [0.1, 0.15) is 32.6 Å². The molecule has 2 unspecified atom stereocenters. The number of rotatable bonds is 2. The molecule has 4 nitrogen and oxygen atoms in total. The molecule has 0 bridgehead atoms. The van der Waals surface area contributed by atoms with Crippen LogP contribution in [0.15, 0.2) is 24.5 Å². The van der Waals surface area contributed by atoms with Crippen molar-refractivity contribution in [2.45, 2.75) is 38.6 Å². The molecule has 2 aromatic rings. The molecular weight excluding hydrogens is 212 g/mol. The zero-order valence-corrected chi connectivity index (χ0v) is 10.1.